The van der Waals surface area contributed by atoms with Crippen molar-refractivity contribution in [3.8, 4) is 0 Å². The Morgan fingerprint density at radius 3 is 2.49 bits per heavy atom. The summed E-state index contributed by atoms with van der Waals surface area (Å²) in [6.07, 6.45) is 6.37. The van der Waals surface area contributed by atoms with Crippen LogP contribution in [0, 0.1) is 5.92 Å². The van der Waals surface area contributed by atoms with Crippen LogP contribution in [0.3, 0.4) is 0 Å². The summed E-state index contributed by atoms with van der Waals surface area (Å²) in [7, 11) is 0. The van der Waals surface area contributed by atoms with Gasteiger partial charge in [0.2, 0.25) is 0 Å². The van der Waals surface area contributed by atoms with Crippen LogP contribution in [0.4, 0.5) is 10.5 Å². The molecule has 1 unspecified atom stereocenters. The second kappa shape index (κ2) is 12.6. The van der Waals surface area contributed by atoms with E-state index in [9.17, 15) is 9.59 Å². The summed E-state index contributed by atoms with van der Waals surface area (Å²) in [4.78, 5) is 30.0. The van der Waals surface area contributed by atoms with Crippen molar-refractivity contribution in [3.63, 3.8) is 0 Å². The van der Waals surface area contributed by atoms with Crippen LogP contribution in [0.15, 0.2) is 60.7 Å². The average molecular weight is 527 g/mol. The molecule has 1 heterocycles. The molecule has 0 aromatic heterocycles. The molecule has 1 aliphatic carbocycles. The number of piperidine rings is 1. The lowest BCUT2D eigenvalue weighted by Gasteiger charge is -2.39. The molecule has 2 aliphatic rings. The van der Waals surface area contributed by atoms with E-state index in [-0.39, 0.29) is 11.9 Å². The first kappa shape index (κ1) is 27.2. The molecule has 1 saturated heterocycles. The number of urea groups is 1. The maximum atomic E-state index is 13.0. The van der Waals surface area contributed by atoms with Gasteiger partial charge in [-0.3, -0.25) is 4.79 Å². The highest BCUT2D eigenvalue weighted by atomic mass is 16.2. The summed E-state index contributed by atoms with van der Waals surface area (Å²) in [5.41, 5.74) is 4.29. The quantitative estimate of drug-likeness (QED) is 0.373. The number of carbonyl (C=O) groups is 2. The van der Waals surface area contributed by atoms with E-state index in [1.807, 2.05) is 47.4 Å². The monoisotopic (exact) mass is 526 g/mol. The molecule has 1 fully saturated rings. The van der Waals surface area contributed by atoms with Gasteiger partial charge in [0.25, 0.3) is 5.91 Å². The number of anilines is 1. The number of likely N-dealkylation sites (N-methyl/N-ethyl adjacent to an activating group) is 1. The fraction of sp³-hybridized carbons (Fsp3) is 0.455. The van der Waals surface area contributed by atoms with E-state index >= 15 is 0 Å². The van der Waals surface area contributed by atoms with Crippen molar-refractivity contribution in [2.45, 2.75) is 58.4 Å². The zero-order valence-electron chi connectivity index (χ0n) is 23.4. The van der Waals surface area contributed by atoms with E-state index < -0.39 is 0 Å². The molecule has 6 heteroatoms. The van der Waals surface area contributed by atoms with Crippen LogP contribution in [0.5, 0.6) is 0 Å². The molecule has 5 rings (SSSR count). The number of benzene rings is 3. The molecular formula is C33H42N4O2. The highest BCUT2D eigenvalue weighted by Crippen LogP contribution is 2.29. The number of hydrogen-bond donors (Lipinski definition) is 2. The molecule has 3 aromatic rings. The fourth-order valence-electron chi connectivity index (χ4n) is 6.19. The van der Waals surface area contributed by atoms with Gasteiger partial charge in [-0.15, -0.1) is 0 Å². The Morgan fingerprint density at radius 2 is 1.72 bits per heavy atom. The lowest BCUT2D eigenvalue weighted by molar-refractivity contribution is 0.102. The van der Waals surface area contributed by atoms with Crippen molar-refractivity contribution in [2.24, 2.45) is 5.92 Å². The van der Waals surface area contributed by atoms with Crippen molar-refractivity contribution >= 4 is 28.4 Å². The van der Waals surface area contributed by atoms with E-state index in [1.54, 1.807) is 0 Å². The van der Waals surface area contributed by atoms with Crippen LogP contribution in [-0.4, -0.2) is 60.5 Å². The standard InChI is InChI=1S/C33H42N4O2/c1-3-17-34-33(39)37-18-15-24(16-19-37)23-36(4-2)31-14-12-26-11-13-30(21-29(26)22-31)35-32(38)28-10-9-25-7-5-6-8-27(25)20-28/h5-11,13,20-21,24,31H,3-4,12,14-19,22-23H2,1-2H3,(H,34,39)(H,35,38). The Bertz CT molecular complexity index is 1300. The van der Waals surface area contributed by atoms with Gasteiger partial charge in [0, 0.05) is 43.5 Å². The maximum Gasteiger partial charge on any atom is 0.317 e. The van der Waals surface area contributed by atoms with Crippen molar-refractivity contribution in [3.05, 3.63) is 77.4 Å². The molecule has 3 amide bonds. The van der Waals surface area contributed by atoms with Gasteiger partial charge in [-0.25, -0.2) is 4.79 Å². The van der Waals surface area contributed by atoms with E-state index in [0.717, 1.165) is 81.3 Å². The third-order valence-electron chi connectivity index (χ3n) is 8.52. The Hall–Kier alpha value is -3.38. The largest absolute Gasteiger partial charge is 0.338 e. The Morgan fingerprint density at radius 1 is 0.923 bits per heavy atom. The molecular weight excluding hydrogens is 484 g/mol. The summed E-state index contributed by atoms with van der Waals surface area (Å²) < 4.78 is 0. The molecule has 6 nitrogen and oxygen atoms in total. The van der Waals surface area contributed by atoms with Gasteiger partial charge in [-0.1, -0.05) is 50.2 Å². The van der Waals surface area contributed by atoms with Gasteiger partial charge in [0.15, 0.2) is 0 Å². The lowest BCUT2D eigenvalue weighted by Crippen LogP contribution is -2.47. The fourth-order valence-corrected chi connectivity index (χ4v) is 6.19. The highest BCUT2D eigenvalue weighted by molar-refractivity contribution is 6.06. The second-order valence-electron chi connectivity index (χ2n) is 11.1. The molecule has 1 atom stereocenters. The zero-order chi connectivity index (χ0) is 27.2. The van der Waals surface area contributed by atoms with Gasteiger partial charge in [-0.05, 0) is 97.2 Å². The van der Waals surface area contributed by atoms with Gasteiger partial charge in [-0.2, -0.15) is 0 Å². The van der Waals surface area contributed by atoms with E-state index in [0.29, 0.717) is 17.5 Å². The van der Waals surface area contributed by atoms with E-state index in [4.69, 9.17) is 0 Å². The number of aryl methyl sites for hydroxylation is 1. The van der Waals surface area contributed by atoms with Crippen LogP contribution in [0.25, 0.3) is 10.8 Å². The third-order valence-corrected chi connectivity index (χ3v) is 8.52. The van der Waals surface area contributed by atoms with Gasteiger partial charge in [0.1, 0.15) is 0 Å². The molecule has 3 aromatic carbocycles. The number of nitrogens with zero attached hydrogens (tertiary/aromatic N) is 2. The Kier molecular flexibility index (Phi) is 8.82. The number of amides is 3. The summed E-state index contributed by atoms with van der Waals surface area (Å²) in [5, 5.41) is 8.35. The maximum absolute atomic E-state index is 13.0. The topological polar surface area (TPSA) is 64.7 Å². The van der Waals surface area contributed by atoms with Crippen LogP contribution >= 0.6 is 0 Å². The number of hydrogen-bond acceptors (Lipinski definition) is 3. The predicted octanol–water partition coefficient (Wildman–Crippen LogP) is 6.10. The van der Waals surface area contributed by atoms with Crippen molar-refractivity contribution in [1.29, 1.82) is 0 Å². The average Bonchev–Trinajstić information content (AvgIpc) is 2.98. The minimum Gasteiger partial charge on any atom is -0.338 e. The highest BCUT2D eigenvalue weighted by Gasteiger charge is 2.28. The number of rotatable bonds is 8. The minimum atomic E-state index is -0.0713. The molecule has 0 spiro atoms. The van der Waals surface area contributed by atoms with Crippen molar-refractivity contribution < 1.29 is 9.59 Å². The molecule has 0 saturated carbocycles. The molecule has 2 N–H and O–H groups in total. The summed E-state index contributed by atoms with van der Waals surface area (Å²) in [6, 6.07) is 21.0. The zero-order valence-corrected chi connectivity index (χ0v) is 23.4. The van der Waals surface area contributed by atoms with Crippen molar-refractivity contribution in [1.82, 2.24) is 15.1 Å². The van der Waals surface area contributed by atoms with Gasteiger partial charge >= 0.3 is 6.03 Å². The predicted molar refractivity (Wildman–Crippen MR) is 159 cm³/mol. The Balaban J connectivity index is 1.18. The van der Waals surface area contributed by atoms with Crippen LogP contribution in [0.2, 0.25) is 0 Å². The second-order valence-corrected chi connectivity index (χ2v) is 11.1. The van der Waals surface area contributed by atoms with Crippen LogP contribution in [0.1, 0.15) is 61.0 Å². The first-order valence-corrected chi connectivity index (χ1v) is 14.7. The third kappa shape index (κ3) is 6.62. The van der Waals surface area contributed by atoms with Crippen molar-refractivity contribution in [2.75, 3.05) is 38.0 Å². The first-order valence-electron chi connectivity index (χ1n) is 14.7. The summed E-state index contributed by atoms with van der Waals surface area (Å²) in [5.74, 6) is 0.562. The first-order chi connectivity index (χ1) is 19.0. The SMILES string of the molecule is CCCNC(=O)N1CCC(CN(CC)C2CCc3ccc(NC(=O)c4ccc5ccccc5c4)cc3C2)CC1. The van der Waals surface area contributed by atoms with Crippen LogP contribution < -0.4 is 10.6 Å². The van der Waals surface area contributed by atoms with E-state index in [1.165, 1.54) is 17.5 Å². The van der Waals surface area contributed by atoms with Gasteiger partial charge < -0.3 is 20.4 Å². The molecule has 1 aliphatic heterocycles. The lowest BCUT2D eigenvalue weighted by atomic mass is 9.86. The smallest absolute Gasteiger partial charge is 0.317 e. The van der Waals surface area contributed by atoms with Gasteiger partial charge in [0.05, 0.1) is 0 Å². The minimum absolute atomic E-state index is 0.0713. The van der Waals surface area contributed by atoms with E-state index in [2.05, 4.69) is 47.6 Å². The molecule has 206 valence electrons. The summed E-state index contributed by atoms with van der Waals surface area (Å²) in [6.45, 7) is 8.94. The summed E-state index contributed by atoms with van der Waals surface area (Å²) >= 11 is 0. The number of fused-ring (bicyclic) bond motifs is 2. The van der Waals surface area contributed by atoms with Crippen LogP contribution in [-0.2, 0) is 12.8 Å². The molecule has 0 radical (unpaired) electrons. The Labute approximate surface area is 232 Å². The normalized spacial score (nSPS) is 17.7. The molecule has 39 heavy (non-hydrogen) atoms. The molecule has 0 bridgehead atoms. The number of nitrogens with one attached hydrogen (secondary N) is 2. The number of likely N-dealkylation sites (tertiary alicyclic amines) is 1. The number of carbonyl (C=O) groups excluding carboxylic acids is 2.